The Balaban J connectivity index is 1.99. The lowest BCUT2D eigenvalue weighted by atomic mass is 10.2. The first-order valence-corrected chi connectivity index (χ1v) is 7.22. The predicted octanol–water partition coefficient (Wildman–Crippen LogP) is 1.88. The third-order valence-electron chi connectivity index (χ3n) is 3.05. The number of pyridine rings is 1. The van der Waals surface area contributed by atoms with E-state index in [1.54, 1.807) is 6.20 Å². The van der Waals surface area contributed by atoms with Crippen molar-refractivity contribution in [2.75, 3.05) is 38.2 Å². The fourth-order valence-corrected chi connectivity index (χ4v) is 2.45. The lowest BCUT2D eigenvalue weighted by Gasteiger charge is -2.29. The molecule has 1 N–H and O–H groups in total. The molecular formula is C12H17BrN4O3. The van der Waals surface area contributed by atoms with E-state index in [-0.39, 0.29) is 11.7 Å². The molecule has 0 amide bonds. The van der Waals surface area contributed by atoms with Crippen molar-refractivity contribution in [1.29, 1.82) is 0 Å². The fourth-order valence-electron chi connectivity index (χ4n) is 2.13. The quantitative estimate of drug-likeness (QED) is 0.648. The van der Waals surface area contributed by atoms with Crippen molar-refractivity contribution < 1.29 is 9.66 Å². The van der Waals surface area contributed by atoms with Crippen LogP contribution in [0, 0.1) is 10.1 Å². The number of nitro groups is 1. The molecule has 8 heteroatoms. The molecule has 110 valence electrons. The maximum atomic E-state index is 11.0. The van der Waals surface area contributed by atoms with Gasteiger partial charge in [-0.3, -0.25) is 15.0 Å². The summed E-state index contributed by atoms with van der Waals surface area (Å²) in [5.41, 5.74) is -0.0202. The van der Waals surface area contributed by atoms with E-state index in [1.807, 2.05) is 6.92 Å². The second-order valence-electron chi connectivity index (χ2n) is 4.74. The second kappa shape index (κ2) is 6.96. The van der Waals surface area contributed by atoms with Gasteiger partial charge in [0.2, 0.25) is 5.82 Å². The van der Waals surface area contributed by atoms with E-state index in [2.05, 4.69) is 31.1 Å². The van der Waals surface area contributed by atoms with E-state index in [1.165, 1.54) is 6.07 Å². The fraction of sp³-hybridized carbons (Fsp3) is 0.583. The molecule has 0 spiro atoms. The lowest BCUT2D eigenvalue weighted by molar-refractivity contribution is -0.384. The van der Waals surface area contributed by atoms with Crippen molar-refractivity contribution in [1.82, 2.24) is 9.88 Å². The molecule has 1 aromatic rings. The molecule has 1 aromatic heterocycles. The van der Waals surface area contributed by atoms with Crippen LogP contribution in [0.3, 0.4) is 0 Å². The Kier molecular flexibility index (Phi) is 5.27. The van der Waals surface area contributed by atoms with Crippen LogP contribution in [0.5, 0.6) is 0 Å². The Hall–Kier alpha value is -1.25. The summed E-state index contributed by atoms with van der Waals surface area (Å²) in [6.45, 7) is 6.05. The van der Waals surface area contributed by atoms with Crippen molar-refractivity contribution in [2.45, 2.75) is 13.0 Å². The van der Waals surface area contributed by atoms with Crippen molar-refractivity contribution >= 4 is 27.4 Å². The zero-order chi connectivity index (χ0) is 14.5. The van der Waals surface area contributed by atoms with Crippen LogP contribution in [-0.4, -0.2) is 53.7 Å². The first kappa shape index (κ1) is 15.1. The van der Waals surface area contributed by atoms with Crippen LogP contribution in [0.15, 0.2) is 16.7 Å². The third-order valence-corrected chi connectivity index (χ3v) is 3.48. The smallest absolute Gasteiger partial charge is 0.312 e. The molecule has 0 aliphatic carbocycles. The summed E-state index contributed by atoms with van der Waals surface area (Å²) < 4.78 is 5.89. The van der Waals surface area contributed by atoms with Gasteiger partial charge in [0.15, 0.2) is 0 Å². The number of morpholine rings is 1. The number of ether oxygens (including phenoxy) is 1. The monoisotopic (exact) mass is 344 g/mol. The highest BCUT2D eigenvalue weighted by molar-refractivity contribution is 9.10. The van der Waals surface area contributed by atoms with Gasteiger partial charge >= 0.3 is 5.69 Å². The van der Waals surface area contributed by atoms with E-state index in [4.69, 9.17) is 4.74 Å². The predicted molar refractivity (Wildman–Crippen MR) is 78.9 cm³/mol. The number of nitrogens with zero attached hydrogens (tertiary/aromatic N) is 3. The molecule has 1 aliphatic rings. The Morgan fingerprint density at radius 3 is 2.95 bits per heavy atom. The number of aromatic nitrogens is 1. The van der Waals surface area contributed by atoms with E-state index in [0.717, 1.165) is 32.8 Å². The van der Waals surface area contributed by atoms with Gasteiger partial charge in [-0.2, -0.15) is 0 Å². The molecule has 1 atom stereocenters. The maximum Gasteiger partial charge on any atom is 0.312 e. The zero-order valence-corrected chi connectivity index (χ0v) is 12.8. The third kappa shape index (κ3) is 4.12. The van der Waals surface area contributed by atoms with Crippen molar-refractivity contribution in [3.8, 4) is 0 Å². The molecular weight excluding hydrogens is 328 g/mol. The molecule has 2 heterocycles. The number of halogens is 1. The minimum atomic E-state index is -0.429. The van der Waals surface area contributed by atoms with E-state index in [0.29, 0.717) is 10.3 Å². The highest BCUT2D eigenvalue weighted by Gasteiger charge is 2.19. The van der Waals surface area contributed by atoms with Crippen LogP contribution in [0.1, 0.15) is 6.92 Å². The topological polar surface area (TPSA) is 80.5 Å². The molecule has 1 aliphatic heterocycles. The van der Waals surface area contributed by atoms with Gasteiger partial charge in [0, 0.05) is 42.4 Å². The van der Waals surface area contributed by atoms with Gasteiger partial charge < -0.3 is 10.1 Å². The van der Waals surface area contributed by atoms with Gasteiger partial charge in [-0.05, 0) is 22.9 Å². The van der Waals surface area contributed by atoms with Crippen molar-refractivity contribution in [2.24, 2.45) is 0 Å². The number of nitrogens with one attached hydrogen (secondary N) is 1. The zero-order valence-electron chi connectivity index (χ0n) is 11.2. The van der Waals surface area contributed by atoms with Crippen molar-refractivity contribution in [3.05, 3.63) is 26.9 Å². The van der Waals surface area contributed by atoms with Gasteiger partial charge in [-0.25, -0.2) is 4.98 Å². The molecule has 7 nitrogen and oxygen atoms in total. The molecule has 20 heavy (non-hydrogen) atoms. The second-order valence-corrected chi connectivity index (χ2v) is 5.65. The summed E-state index contributed by atoms with van der Waals surface area (Å²) in [5, 5.41) is 14.1. The van der Waals surface area contributed by atoms with Gasteiger partial charge in [-0.1, -0.05) is 0 Å². The minimum Gasteiger partial charge on any atom is -0.379 e. The lowest BCUT2D eigenvalue weighted by Crippen LogP contribution is -2.42. The average molecular weight is 345 g/mol. The van der Waals surface area contributed by atoms with Gasteiger partial charge in [0.1, 0.15) is 0 Å². The van der Waals surface area contributed by atoms with E-state index >= 15 is 0 Å². The van der Waals surface area contributed by atoms with Gasteiger partial charge in [0.25, 0.3) is 0 Å². The van der Waals surface area contributed by atoms with Crippen LogP contribution in [0.25, 0.3) is 0 Å². The van der Waals surface area contributed by atoms with Crippen molar-refractivity contribution in [3.63, 3.8) is 0 Å². The summed E-state index contributed by atoms with van der Waals surface area (Å²) in [6.07, 6.45) is 1.55. The molecule has 1 unspecified atom stereocenters. The van der Waals surface area contributed by atoms with Crippen LogP contribution in [0.2, 0.25) is 0 Å². The Morgan fingerprint density at radius 2 is 2.30 bits per heavy atom. The van der Waals surface area contributed by atoms with Gasteiger partial charge in [0.05, 0.1) is 18.1 Å². The summed E-state index contributed by atoms with van der Waals surface area (Å²) >= 11 is 3.19. The Morgan fingerprint density at radius 1 is 1.60 bits per heavy atom. The molecule has 1 fully saturated rings. The maximum absolute atomic E-state index is 11.0. The standard InChI is InChI=1S/C12H17BrN4O3/c1-9(8-16-2-4-20-5-3-16)15-12-11(17(18)19)6-10(13)7-14-12/h6-7,9H,2-5,8H2,1H3,(H,14,15). The normalized spacial score (nSPS) is 17.7. The SMILES string of the molecule is CC(CN1CCOCC1)Nc1ncc(Br)cc1[N+](=O)[O-]. The summed E-state index contributed by atoms with van der Waals surface area (Å²) in [4.78, 5) is 17.0. The van der Waals surface area contributed by atoms with E-state index < -0.39 is 4.92 Å². The number of hydrogen-bond acceptors (Lipinski definition) is 6. The first-order valence-electron chi connectivity index (χ1n) is 6.43. The molecule has 0 bridgehead atoms. The first-order chi connectivity index (χ1) is 9.56. The van der Waals surface area contributed by atoms with Crippen LogP contribution >= 0.6 is 15.9 Å². The summed E-state index contributed by atoms with van der Waals surface area (Å²) in [6, 6.07) is 1.53. The number of hydrogen-bond donors (Lipinski definition) is 1. The van der Waals surface area contributed by atoms with Crippen LogP contribution < -0.4 is 5.32 Å². The molecule has 2 rings (SSSR count). The number of rotatable bonds is 5. The molecule has 0 aromatic carbocycles. The molecule has 0 saturated carbocycles. The molecule has 0 radical (unpaired) electrons. The number of anilines is 1. The Bertz CT molecular complexity index is 480. The van der Waals surface area contributed by atoms with Crippen LogP contribution in [-0.2, 0) is 4.74 Å². The molecule has 1 saturated heterocycles. The minimum absolute atomic E-state index is 0.0202. The summed E-state index contributed by atoms with van der Waals surface area (Å²) in [5.74, 6) is 0.305. The average Bonchev–Trinajstić information content (AvgIpc) is 2.41. The summed E-state index contributed by atoms with van der Waals surface area (Å²) in [7, 11) is 0. The van der Waals surface area contributed by atoms with Crippen LogP contribution in [0.4, 0.5) is 11.5 Å². The Labute approximate surface area is 125 Å². The van der Waals surface area contributed by atoms with Gasteiger partial charge in [-0.15, -0.1) is 0 Å². The highest BCUT2D eigenvalue weighted by atomic mass is 79.9. The van der Waals surface area contributed by atoms with E-state index in [9.17, 15) is 10.1 Å². The largest absolute Gasteiger partial charge is 0.379 e. The highest BCUT2D eigenvalue weighted by Crippen LogP contribution is 2.25.